The number of aliphatic hydroxyl groups is 2. The zero-order valence-electron chi connectivity index (χ0n) is 9.41. The number of anilines is 1. The molecule has 17 heavy (non-hydrogen) atoms. The maximum absolute atomic E-state index is 11.7. The summed E-state index contributed by atoms with van der Waals surface area (Å²) in [6.07, 6.45) is 0.180. The Labute approximate surface area is 97.5 Å². The van der Waals surface area contributed by atoms with Gasteiger partial charge in [-0.05, 0) is 13.0 Å². The van der Waals surface area contributed by atoms with Crippen LogP contribution in [0.5, 0.6) is 0 Å². The first-order valence-corrected chi connectivity index (χ1v) is 5.29. The highest BCUT2D eigenvalue weighted by Gasteiger charge is 2.44. The number of aromatic nitrogens is 2. The Hall–Kier alpha value is -1.44. The number of hydrogen-bond acceptors (Lipinski definition) is 6. The predicted octanol–water partition coefficient (Wildman–Crippen LogP) is -1.36. The summed E-state index contributed by atoms with van der Waals surface area (Å²) < 4.78 is 6.77. The second-order valence-electron chi connectivity index (χ2n) is 4.29. The highest BCUT2D eigenvalue weighted by atomic mass is 16.6. The molecule has 1 aromatic rings. The van der Waals surface area contributed by atoms with E-state index in [0.717, 1.165) is 0 Å². The fourth-order valence-electron chi connectivity index (χ4n) is 2.06. The Bertz CT molecular complexity index is 475. The average Bonchev–Trinajstić information content (AvgIpc) is 2.54. The molecular formula is C10H15N3O4. The molecule has 1 aromatic heterocycles. The van der Waals surface area contributed by atoms with Crippen LogP contribution in [-0.4, -0.2) is 38.6 Å². The van der Waals surface area contributed by atoms with Crippen LogP contribution in [0.2, 0.25) is 0 Å². The summed E-state index contributed by atoms with van der Waals surface area (Å²) in [5.74, 6) is 0.132. The third-order valence-corrected chi connectivity index (χ3v) is 2.94. The van der Waals surface area contributed by atoms with Crippen LogP contribution in [0.1, 0.15) is 13.3 Å². The van der Waals surface area contributed by atoms with Gasteiger partial charge in [-0.25, -0.2) is 4.79 Å². The van der Waals surface area contributed by atoms with Gasteiger partial charge in [-0.2, -0.15) is 4.98 Å². The monoisotopic (exact) mass is 241 g/mol. The molecule has 3 unspecified atom stereocenters. The number of hydrogen-bond donors (Lipinski definition) is 3. The lowest BCUT2D eigenvalue weighted by Gasteiger charge is -2.26. The van der Waals surface area contributed by atoms with Crippen molar-refractivity contribution in [2.75, 3.05) is 12.3 Å². The molecule has 3 atom stereocenters. The lowest BCUT2D eigenvalue weighted by atomic mass is 10.1. The molecule has 1 aliphatic rings. The van der Waals surface area contributed by atoms with Crippen LogP contribution in [0.15, 0.2) is 17.1 Å². The van der Waals surface area contributed by atoms with Crippen LogP contribution < -0.4 is 11.4 Å². The first-order chi connectivity index (χ1) is 7.96. The second-order valence-corrected chi connectivity index (χ2v) is 4.29. The molecule has 0 bridgehead atoms. The van der Waals surface area contributed by atoms with Gasteiger partial charge in [-0.3, -0.25) is 4.57 Å². The van der Waals surface area contributed by atoms with Crippen molar-refractivity contribution in [3.8, 4) is 0 Å². The molecule has 0 aliphatic carbocycles. The summed E-state index contributed by atoms with van der Waals surface area (Å²) in [6, 6.07) is 1.48. The molecule has 94 valence electrons. The molecule has 0 radical (unpaired) electrons. The normalized spacial score (nSPS) is 32.9. The van der Waals surface area contributed by atoms with Gasteiger partial charge in [0.2, 0.25) is 0 Å². The molecule has 0 aromatic carbocycles. The molecule has 0 saturated carbocycles. The molecule has 1 aliphatic heterocycles. The van der Waals surface area contributed by atoms with E-state index in [4.69, 9.17) is 15.6 Å². The largest absolute Gasteiger partial charge is 0.394 e. The SMILES string of the molecule is CC1(n2ccc(N)nc2=O)CC(O)C(CO)O1. The highest BCUT2D eigenvalue weighted by molar-refractivity contribution is 5.23. The van der Waals surface area contributed by atoms with Crippen LogP contribution in [0.4, 0.5) is 5.82 Å². The van der Waals surface area contributed by atoms with Crippen LogP contribution in [0, 0.1) is 0 Å². The van der Waals surface area contributed by atoms with E-state index in [0.29, 0.717) is 0 Å². The third-order valence-electron chi connectivity index (χ3n) is 2.94. The van der Waals surface area contributed by atoms with E-state index in [2.05, 4.69) is 4.98 Å². The van der Waals surface area contributed by atoms with Gasteiger partial charge in [0.15, 0.2) is 0 Å². The number of rotatable bonds is 2. The highest BCUT2D eigenvalue weighted by Crippen LogP contribution is 2.33. The van der Waals surface area contributed by atoms with Crippen molar-refractivity contribution in [3.63, 3.8) is 0 Å². The topological polar surface area (TPSA) is 111 Å². The van der Waals surface area contributed by atoms with Crippen molar-refractivity contribution in [2.45, 2.75) is 31.3 Å². The number of nitrogens with two attached hydrogens (primary N) is 1. The van der Waals surface area contributed by atoms with Gasteiger partial charge >= 0.3 is 5.69 Å². The second kappa shape index (κ2) is 4.10. The molecule has 7 heteroatoms. The summed E-state index contributed by atoms with van der Waals surface area (Å²) >= 11 is 0. The Morgan fingerprint density at radius 3 is 3.00 bits per heavy atom. The molecule has 4 N–H and O–H groups in total. The molecule has 0 amide bonds. The first-order valence-electron chi connectivity index (χ1n) is 5.29. The van der Waals surface area contributed by atoms with E-state index in [1.54, 1.807) is 6.92 Å². The summed E-state index contributed by atoms with van der Waals surface area (Å²) in [5, 5.41) is 18.7. The van der Waals surface area contributed by atoms with E-state index >= 15 is 0 Å². The summed E-state index contributed by atoms with van der Waals surface area (Å²) in [6.45, 7) is 1.36. The van der Waals surface area contributed by atoms with E-state index in [1.165, 1.54) is 16.8 Å². The van der Waals surface area contributed by atoms with Gasteiger partial charge < -0.3 is 20.7 Å². The standard InChI is InChI=1S/C10H15N3O4/c1-10(4-6(15)7(5-14)17-10)13-3-2-8(11)12-9(13)16/h2-3,6-7,14-15H,4-5H2,1H3,(H2,11,12,16). The fraction of sp³-hybridized carbons (Fsp3) is 0.600. The van der Waals surface area contributed by atoms with E-state index in [1.807, 2.05) is 0 Å². The summed E-state index contributed by atoms with van der Waals surface area (Å²) in [7, 11) is 0. The molecule has 1 saturated heterocycles. The Morgan fingerprint density at radius 2 is 2.47 bits per heavy atom. The zero-order chi connectivity index (χ0) is 12.6. The summed E-state index contributed by atoms with van der Waals surface area (Å²) in [5.41, 5.74) is 3.84. The number of nitrogens with zero attached hydrogens (tertiary/aromatic N) is 2. The van der Waals surface area contributed by atoms with Crippen LogP contribution >= 0.6 is 0 Å². The minimum atomic E-state index is -1.01. The Morgan fingerprint density at radius 1 is 1.76 bits per heavy atom. The van der Waals surface area contributed by atoms with Crippen molar-refractivity contribution in [1.82, 2.24) is 9.55 Å². The molecule has 2 rings (SSSR count). The number of nitrogen functional groups attached to an aromatic ring is 1. The van der Waals surface area contributed by atoms with E-state index in [9.17, 15) is 9.90 Å². The number of aliphatic hydroxyl groups excluding tert-OH is 2. The fourth-order valence-corrected chi connectivity index (χ4v) is 2.06. The lowest BCUT2D eigenvalue weighted by molar-refractivity contribution is -0.107. The maximum atomic E-state index is 11.7. The quantitative estimate of drug-likeness (QED) is 0.590. The van der Waals surface area contributed by atoms with Crippen molar-refractivity contribution in [2.24, 2.45) is 0 Å². The Balaban J connectivity index is 2.37. The molecule has 7 nitrogen and oxygen atoms in total. The molecule has 0 spiro atoms. The van der Waals surface area contributed by atoms with Gasteiger partial charge in [0.25, 0.3) is 0 Å². The van der Waals surface area contributed by atoms with Gasteiger partial charge in [-0.1, -0.05) is 0 Å². The van der Waals surface area contributed by atoms with Crippen molar-refractivity contribution in [1.29, 1.82) is 0 Å². The van der Waals surface area contributed by atoms with Crippen molar-refractivity contribution < 1.29 is 14.9 Å². The lowest BCUT2D eigenvalue weighted by Crippen LogP contribution is -2.40. The third kappa shape index (κ3) is 2.04. The minimum absolute atomic E-state index is 0.132. The molecule has 2 heterocycles. The van der Waals surface area contributed by atoms with Crippen molar-refractivity contribution >= 4 is 5.82 Å². The minimum Gasteiger partial charge on any atom is -0.394 e. The molecular weight excluding hydrogens is 226 g/mol. The predicted molar refractivity (Wildman–Crippen MR) is 59.1 cm³/mol. The maximum Gasteiger partial charge on any atom is 0.351 e. The zero-order valence-corrected chi connectivity index (χ0v) is 9.41. The Kier molecular flexibility index (Phi) is 2.90. The average molecular weight is 241 g/mol. The van der Waals surface area contributed by atoms with Gasteiger partial charge in [0, 0.05) is 12.6 Å². The van der Waals surface area contributed by atoms with Gasteiger partial charge in [-0.15, -0.1) is 0 Å². The van der Waals surface area contributed by atoms with Gasteiger partial charge in [0.1, 0.15) is 17.6 Å². The van der Waals surface area contributed by atoms with Gasteiger partial charge in [0.05, 0.1) is 12.7 Å². The van der Waals surface area contributed by atoms with E-state index in [-0.39, 0.29) is 18.8 Å². The van der Waals surface area contributed by atoms with Crippen LogP contribution in [0.3, 0.4) is 0 Å². The smallest absolute Gasteiger partial charge is 0.351 e. The van der Waals surface area contributed by atoms with Crippen molar-refractivity contribution in [3.05, 3.63) is 22.7 Å². The first kappa shape index (κ1) is 12.0. The number of ether oxygens (including phenoxy) is 1. The van der Waals surface area contributed by atoms with Crippen LogP contribution in [-0.2, 0) is 10.5 Å². The van der Waals surface area contributed by atoms with Crippen LogP contribution in [0.25, 0.3) is 0 Å². The molecule has 1 fully saturated rings. The summed E-state index contributed by atoms with van der Waals surface area (Å²) in [4.78, 5) is 15.3. The van der Waals surface area contributed by atoms with E-state index < -0.39 is 23.6 Å².